The summed E-state index contributed by atoms with van der Waals surface area (Å²) in [6.07, 6.45) is 6.05. The van der Waals surface area contributed by atoms with Crippen LogP contribution < -0.4 is 0 Å². The zero-order valence-electron chi connectivity index (χ0n) is 20.3. The first kappa shape index (κ1) is 24.9. The van der Waals surface area contributed by atoms with Crippen molar-refractivity contribution in [3.63, 3.8) is 0 Å². The maximum atomic E-state index is 13.5. The summed E-state index contributed by atoms with van der Waals surface area (Å²) in [7, 11) is 0. The number of allylic oxidation sites excluding steroid dienone is 1. The molecule has 0 bridgehead atoms. The van der Waals surface area contributed by atoms with E-state index in [1.807, 2.05) is 13.0 Å². The molecule has 0 unspecified atom stereocenters. The van der Waals surface area contributed by atoms with Gasteiger partial charge in [0.25, 0.3) is 0 Å². The second-order valence-electron chi connectivity index (χ2n) is 11.6. The molecule has 1 saturated heterocycles. The molecule has 7 atom stereocenters. The van der Waals surface area contributed by atoms with Gasteiger partial charge < -0.3 is 19.8 Å². The van der Waals surface area contributed by atoms with E-state index in [0.29, 0.717) is 36.8 Å². The fourth-order valence-corrected chi connectivity index (χ4v) is 9.45. The highest BCUT2D eigenvalue weighted by Gasteiger charge is 2.68. The van der Waals surface area contributed by atoms with E-state index < -0.39 is 17.1 Å². The highest BCUT2D eigenvalue weighted by atomic mass is 32.2. The number of morpholine rings is 1. The Morgan fingerprint density at radius 1 is 1.24 bits per heavy atom. The summed E-state index contributed by atoms with van der Waals surface area (Å²) in [6, 6.07) is 0. The Labute approximate surface area is 211 Å². The molecule has 188 valence electrons. The number of thioether (sulfide) groups is 1. The van der Waals surface area contributed by atoms with Crippen LogP contribution in [0.15, 0.2) is 11.6 Å². The largest absolute Gasteiger partial charge is 0.393 e. The van der Waals surface area contributed by atoms with Gasteiger partial charge in [0, 0.05) is 24.9 Å². The van der Waals surface area contributed by atoms with Crippen molar-refractivity contribution in [1.29, 1.82) is 0 Å². The van der Waals surface area contributed by atoms with E-state index in [1.54, 1.807) is 0 Å². The van der Waals surface area contributed by atoms with E-state index in [9.17, 15) is 19.8 Å². The molecule has 0 spiro atoms. The fraction of sp³-hybridized carbons (Fsp3) is 0.808. The summed E-state index contributed by atoms with van der Waals surface area (Å²) >= 11 is 6.89. The molecular weight excluding hydrogens is 470 g/mol. The SMILES string of the molecule is C[C@]12CCC(=O)C=C1CC[C@@H]1[C@@H]2[C@H](O)C[C@@]2(C)[C@H]1CC[C@]2(O)C(=O)CSC(=S)N1CCOCC1. The van der Waals surface area contributed by atoms with E-state index in [1.165, 1.54) is 17.3 Å². The van der Waals surface area contributed by atoms with Gasteiger partial charge in [-0.1, -0.05) is 43.4 Å². The monoisotopic (exact) mass is 507 g/mol. The molecule has 6 nitrogen and oxygen atoms in total. The summed E-state index contributed by atoms with van der Waals surface area (Å²) in [4.78, 5) is 27.6. The average molecular weight is 508 g/mol. The highest BCUT2D eigenvalue weighted by Crippen LogP contribution is 2.67. The number of ketones is 2. The molecule has 8 heteroatoms. The highest BCUT2D eigenvalue weighted by molar-refractivity contribution is 8.23. The van der Waals surface area contributed by atoms with Gasteiger partial charge >= 0.3 is 0 Å². The first-order chi connectivity index (χ1) is 16.1. The normalized spacial score (nSPS) is 44.1. The molecule has 0 radical (unpaired) electrons. The molecule has 0 aromatic heterocycles. The molecule has 0 aromatic carbocycles. The summed E-state index contributed by atoms with van der Waals surface area (Å²) in [5, 5.41) is 23.4. The van der Waals surface area contributed by atoms with Crippen LogP contribution in [0.5, 0.6) is 0 Å². The lowest BCUT2D eigenvalue weighted by atomic mass is 9.45. The molecule has 5 aliphatic rings. The lowest BCUT2D eigenvalue weighted by Gasteiger charge is -2.60. The van der Waals surface area contributed by atoms with Crippen molar-refractivity contribution in [2.75, 3.05) is 32.1 Å². The number of carbonyl (C=O) groups excluding carboxylic acids is 2. The molecule has 5 rings (SSSR count). The minimum absolute atomic E-state index is 0.0828. The van der Waals surface area contributed by atoms with Gasteiger partial charge in [-0.05, 0) is 67.8 Å². The molecule has 4 aliphatic carbocycles. The molecule has 4 fully saturated rings. The maximum Gasteiger partial charge on any atom is 0.175 e. The number of carbonyl (C=O) groups is 2. The number of aliphatic hydroxyl groups excluding tert-OH is 1. The van der Waals surface area contributed by atoms with Crippen LogP contribution in [-0.4, -0.2) is 74.8 Å². The minimum Gasteiger partial charge on any atom is -0.393 e. The van der Waals surface area contributed by atoms with Gasteiger partial charge in [0.2, 0.25) is 0 Å². The van der Waals surface area contributed by atoms with Crippen LogP contribution in [0.3, 0.4) is 0 Å². The van der Waals surface area contributed by atoms with Gasteiger partial charge in [0.05, 0.1) is 25.1 Å². The van der Waals surface area contributed by atoms with Gasteiger partial charge in [0.15, 0.2) is 11.6 Å². The zero-order valence-corrected chi connectivity index (χ0v) is 21.9. The van der Waals surface area contributed by atoms with Gasteiger partial charge in [-0.15, -0.1) is 0 Å². The summed E-state index contributed by atoms with van der Waals surface area (Å²) in [5.41, 5.74) is -1.04. The van der Waals surface area contributed by atoms with Gasteiger partial charge in [-0.2, -0.15) is 0 Å². The van der Waals surface area contributed by atoms with E-state index >= 15 is 0 Å². The van der Waals surface area contributed by atoms with Crippen molar-refractivity contribution < 1.29 is 24.5 Å². The van der Waals surface area contributed by atoms with Gasteiger partial charge in [-0.25, -0.2) is 0 Å². The number of fused-ring (bicyclic) bond motifs is 5. The van der Waals surface area contributed by atoms with Crippen molar-refractivity contribution in [3.8, 4) is 0 Å². The van der Waals surface area contributed by atoms with Crippen LogP contribution >= 0.6 is 24.0 Å². The summed E-state index contributed by atoms with van der Waals surface area (Å²) in [6.45, 7) is 7.01. The predicted molar refractivity (Wildman–Crippen MR) is 136 cm³/mol. The maximum absolute atomic E-state index is 13.5. The first-order valence-electron chi connectivity index (χ1n) is 12.8. The van der Waals surface area contributed by atoms with Crippen LogP contribution in [0.25, 0.3) is 0 Å². The number of aliphatic hydroxyl groups is 2. The third-order valence-electron chi connectivity index (χ3n) is 10.1. The van der Waals surface area contributed by atoms with E-state index in [0.717, 1.165) is 38.8 Å². The second kappa shape index (κ2) is 8.94. The van der Waals surface area contributed by atoms with Crippen molar-refractivity contribution in [2.24, 2.45) is 28.6 Å². The van der Waals surface area contributed by atoms with Crippen LogP contribution in [0.4, 0.5) is 0 Å². The number of nitrogens with zero attached hydrogens (tertiary/aromatic N) is 1. The molecule has 0 amide bonds. The lowest BCUT2D eigenvalue weighted by molar-refractivity contribution is -0.178. The topological polar surface area (TPSA) is 87.1 Å². The third kappa shape index (κ3) is 3.74. The molecule has 3 saturated carbocycles. The number of thiocarbonyl (C=S) groups is 1. The van der Waals surface area contributed by atoms with Crippen LogP contribution in [-0.2, 0) is 14.3 Å². The number of hydrogen-bond acceptors (Lipinski definition) is 7. The van der Waals surface area contributed by atoms with Gasteiger partial charge in [-0.3, -0.25) is 9.59 Å². The summed E-state index contributed by atoms with van der Waals surface area (Å²) < 4.78 is 6.07. The van der Waals surface area contributed by atoms with Crippen LogP contribution in [0.1, 0.15) is 58.8 Å². The smallest absolute Gasteiger partial charge is 0.175 e. The molecular formula is C26H37NO5S2. The fourth-order valence-electron chi connectivity index (χ4n) is 8.23. The standard InChI is InChI=1S/C26H37NO5S2/c1-24-7-5-17(28)13-16(24)3-4-18-19-6-8-26(31,25(19,2)14-20(29)22(18)24)21(30)15-34-23(33)27-9-11-32-12-10-27/h13,18-20,22,29,31H,3-12,14-15H2,1-2H3/t18-,19-,20+,22+,24-,25-,26-/m0/s1. The van der Waals surface area contributed by atoms with Crippen molar-refractivity contribution in [1.82, 2.24) is 4.90 Å². The predicted octanol–water partition coefficient (Wildman–Crippen LogP) is 3.14. The summed E-state index contributed by atoms with van der Waals surface area (Å²) in [5.74, 6) is 0.741. The molecule has 2 N–H and O–H groups in total. The Bertz CT molecular complexity index is 917. The molecule has 1 heterocycles. The Morgan fingerprint density at radius 3 is 2.71 bits per heavy atom. The number of Topliss-reactive ketones (excluding diaryl/α,β-unsaturated/α-hetero) is 1. The molecule has 1 aliphatic heterocycles. The van der Waals surface area contributed by atoms with Gasteiger partial charge in [0.1, 0.15) is 9.92 Å². The average Bonchev–Trinajstić information content (AvgIpc) is 3.09. The number of hydrogen-bond donors (Lipinski definition) is 2. The number of ether oxygens (including phenoxy) is 1. The Hall–Kier alpha value is -0.800. The second-order valence-corrected chi connectivity index (χ2v) is 13.2. The van der Waals surface area contributed by atoms with Crippen LogP contribution in [0.2, 0.25) is 0 Å². The van der Waals surface area contributed by atoms with Crippen molar-refractivity contribution >= 4 is 39.9 Å². The molecule has 0 aromatic rings. The van der Waals surface area contributed by atoms with Crippen LogP contribution in [0, 0.1) is 28.6 Å². The number of rotatable bonds is 3. The molecule has 34 heavy (non-hydrogen) atoms. The quantitative estimate of drug-likeness (QED) is 0.564. The first-order valence-corrected chi connectivity index (χ1v) is 14.2. The van der Waals surface area contributed by atoms with Crippen molar-refractivity contribution in [3.05, 3.63) is 11.6 Å². The third-order valence-corrected chi connectivity index (χ3v) is 11.6. The lowest BCUT2D eigenvalue weighted by Crippen LogP contribution is -2.62. The minimum atomic E-state index is -1.43. The van der Waals surface area contributed by atoms with E-state index in [-0.39, 0.29) is 40.5 Å². The van der Waals surface area contributed by atoms with Crippen molar-refractivity contribution in [2.45, 2.75) is 70.5 Å². The zero-order chi connectivity index (χ0) is 24.3. The van der Waals surface area contributed by atoms with E-state index in [4.69, 9.17) is 17.0 Å². The Morgan fingerprint density at radius 2 is 1.97 bits per heavy atom. The van der Waals surface area contributed by atoms with E-state index in [2.05, 4.69) is 11.8 Å². The Kier molecular flexibility index (Phi) is 6.54. The Balaban J connectivity index is 1.34.